The highest BCUT2D eigenvalue weighted by Gasteiger charge is 2.58. The second kappa shape index (κ2) is 9.09. The SMILES string of the molecule is Cc1cc2c(cc1C1C=C(c3ccccc3)C=CC1(OS(=O)(=O)C(F)(F)F)C(=O)O)C(C)(C)CCC2(C)C. The summed E-state index contributed by atoms with van der Waals surface area (Å²) in [6, 6.07) is 12.7. The van der Waals surface area contributed by atoms with Gasteiger partial charge in [-0.25, -0.2) is 8.98 Å². The molecule has 38 heavy (non-hydrogen) atoms. The number of fused-ring (bicyclic) bond motifs is 1. The normalized spacial score (nSPS) is 24.4. The second-order valence-corrected chi connectivity index (χ2v) is 12.9. The molecule has 2 aromatic rings. The van der Waals surface area contributed by atoms with E-state index in [-0.39, 0.29) is 10.8 Å². The van der Waals surface area contributed by atoms with Crippen molar-refractivity contribution in [2.45, 2.75) is 75.3 Å². The molecule has 5 nitrogen and oxygen atoms in total. The van der Waals surface area contributed by atoms with Gasteiger partial charge < -0.3 is 5.11 Å². The minimum atomic E-state index is -6.26. The smallest absolute Gasteiger partial charge is 0.479 e. The van der Waals surface area contributed by atoms with Crippen molar-refractivity contribution in [3.8, 4) is 0 Å². The molecule has 0 bridgehead atoms. The quantitative estimate of drug-likeness (QED) is 0.329. The average Bonchev–Trinajstić information content (AvgIpc) is 2.82. The largest absolute Gasteiger partial charge is 0.523 e. The van der Waals surface area contributed by atoms with Gasteiger partial charge in [-0.1, -0.05) is 82.3 Å². The molecule has 0 saturated heterocycles. The van der Waals surface area contributed by atoms with E-state index in [1.165, 1.54) is 12.2 Å². The number of rotatable bonds is 5. The van der Waals surface area contributed by atoms with Crippen molar-refractivity contribution >= 4 is 21.7 Å². The van der Waals surface area contributed by atoms with Crippen LogP contribution in [-0.4, -0.2) is 30.6 Å². The van der Waals surface area contributed by atoms with Gasteiger partial charge in [0.1, 0.15) is 0 Å². The first-order valence-electron chi connectivity index (χ1n) is 12.3. The van der Waals surface area contributed by atoms with Crippen molar-refractivity contribution in [2.24, 2.45) is 0 Å². The first-order chi connectivity index (χ1) is 17.4. The Bertz CT molecular complexity index is 1440. The van der Waals surface area contributed by atoms with Crippen LogP contribution < -0.4 is 0 Å². The van der Waals surface area contributed by atoms with Crippen LogP contribution in [0.3, 0.4) is 0 Å². The molecule has 0 aromatic heterocycles. The van der Waals surface area contributed by atoms with Crippen molar-refractivity contribution in [1.29, 1.82) is 0 Å². The van der Waals surface area contributed by atoms with Gasteiger partial charge in [-0.2, -0.15) is 21.6 Å². The lowest BCUT2D eigenvalue weighted by Crippen LogP contribution is -2.49. The highest BCUT2D eigenvalue weighted by atomic mass is 32.2. The predicted octanol–water partition coefficient (Wildman–Crippen LogP) is 6.77. The molecule has 1 N–H and O–H groups in total. The number of carboxylic acids is 1. The van der Waals surface area contributed by atoms with Gasteiger partial charge in [-0.3, -0.25) is 0 Å². The Kier molecular flexibility index (Phi) is 6.72. The summed E-state index contributed by atoms with van der Waals surface area (Å²) in [5.41, 5.74) is -4.78. The summed E-state index contributed by atoms with van der Waals surface area (Å²) in [6.45, 7) is 10.1. The molecule has 9 heteroatoms. The third-order valence-corrected chi connectivity index (χ3v) is 8.93. The number of aryl methyl sites for hydroxylation is 1. The van der Waals surface area contributed by atoms with Crippen LogP contribution >= 0.6 is 0 Å². The van der Waals surface area contributed by atoms with Crippen LogP contribution in [0.1, 0.15) is 74.3 Å². The molecule has 0 aliphatic heterocycles. The van der Waals surface area contributed by atoms with Crippen LogP contribution in [0, 0.1) is 6.92 Å². The number of hydrogen-bond donors (Lipinski definition) is 1. The highest BCUT2D eigenvalue weighted by molar-refractivity contribution is 7.87. The number of hydrogen-bond acceptors (Lipinski definition) is 4. The molecular weight excluding hydrogens is 517 g/mol. The molecule has 0 fully saturated rings. The molecule has 0 amide bonds. The summed E-state index contributed by atoms with van der Waals surface area (Å²) in [7, 11) is -6.26. The Morgan fingerprint density at radius 3 is 2.08 bits per heavy atom. The van der Waals surface area contributed by atoms with Crippen molar-refractivity contribution in [3.05, 3.63) is 88.5 Å². The van der Waals surface area contributed by atoms with E-state index in [4.69, 9.17) is 0 Å². The highest BCUT2D eigenvalue weighted by Crippen LogP contribution is 2.50. The van der Waals surface area contributed by atoms with E-state index in [2.05, 4.69) is 31.9 Å². The molecule has 2 aliphatic carbocycles. The average molecular weight is 549 g/mol. The van der Waals surface area contributed by atoms with E-state index in [1.54, 1.807) is 37.3 Å². The van der Waals surface area contributed by atoms with E-state index < -0.39 is 33.1 Å². The number of aliphatic carboxylic acids is 1. The van der Waals surface area contributed by atoms with Crippen LogP contribution in [-0.2, 0) is 29.9 Å². The topological polar surface area (TPSA) is 80.7 Å². The van der Waals surface area contributed by atoms with Crippen LogP contribution in [0.15, 0.2) is 60.7 Å². The van der Waals surface area contributed by atoms with Crippen molar-refractivity contribution in [3.63, 3.8) is 0 Å². The maximum Gasteiger partial charge on any atom is 0.523 e. The lowest BCUT2D eigenvalue weighted by molar-refractivity contribution is -0.153. The monoisotopic (exact) mass is 548 g/mol. The standard InChI is InChI=1S/C29H31F3O5S/c1-18-15-23-24(27(4,5)14-13-26(23,2)3)17-21(18)22-16-20(19-9-7-6-8-10-19)11-12-28(22,25(33)34)37-38(35,36)29(30,31)32/h6-12,15-17,22H,13-14H2,1-5H3,(H,33,34). The summed E-state index contributed by atoms with van der Waals surface area (Å²) >= 11 is 0. The molecule has 4 rings (SSSR count). The van der Waals surface area contributed by atoms with Gasteiger partial charge in [0, 0.05) is 5.92 Å². The van der Waals surface area contributed by atoms with E-state index in [9.17, 15) is 31.5 Å². The molecule has 2 aliphatic rings. The number of carbonyl (C=O) groups is 1. The minimum absolute atomic E-state index is 0.161. The Morgan fingerprint density at radius 2 is 1.55 bits per heavy atom. The van der Waals surface area contributed by atoms with Crippen LogP contribution in [0.4, 0.5) is 13.2 Å². The molecular formula is C29H31F3O5S. The molecule has 2 unspecified atom stereocenters. The van der Waals surface area contributed by atoms with Gasteiger partial charge in [-0.05, 0) is 70.1 Å². The first kappa shape index (κ1) is 28.1. The van der Waals surface area contributed by atoms with Crippen molar-refractivity contribution < 1.29 is 35.7 Å². The van der Waals surface area contributed by atoms with Crippen LogP contribution in [0.2, 0.25) is 0 Å². The van der Waals surface area contributed by atoms with Crippen molar-refractivity contribution in [1.82, 2.24) is 0 Å². The Labute approximate surface area is 221 Å². The van der Waals surface area contributed by atoms with Crippen molar-refractivity contribution in [2.75, 3.05) is 0 Å². The fourth-order valence-electron chi connectivity index (χ4n) is 5.44. The Hall–Kier alpha value is -2.91. The molecule has 2 aromatic carbocycles. The zero-order valence-corrected chi connectivity index (χ0v) is 22.7. The number of halogens is 3. The van der Waals surface area contributed by atoms with Gasteiger partial charge in [0.05, 0.1) is 0 Å². The second-order valence-electron chi connectivity index (χ2n) is 11.4. The number of allylic oxidation sites excluding steroid dienone is 2. The van der Waals surface area contributed by atoms with Crippen LogP contribution in [0.5, 0.6) is 0 Å². The number of carboxylic acid groups (broad SMARTS) is 1. The maximum atomic E-state index is 13.4. The summed E-state index contributed by atoms with van der Waals surface area (Å²) in [4.78, 5) is 12.7. The third kappa shape index (κ3) is 4.71. The van der Waals surface area contributed by atoms with Gasteiger partial charge in [0.25, 0.3) is 0 Å². The fraction of sp³-hybridized carbons (Fsp3) is 0.414. The van der Waals surface area contributed by atoms with E-state index >= 15 is 0 Å². The number of alkyl halides is 3. The molecule has 0 radical (unpaired) electrons. The lowest BCUT2D eigenvalue weighted by Gasteiger charge is -2.43. The van der Waals surface area contributed by atoms with Crippen LogP contribution in [0.25, 0.3) is 5.57 Å². The van der Waals surface area contributed by atoms with Gasteiger partial charge in [-0.15, -0.1) is 0 Å². The van der Waals surface area contributed by atoms with E-state index in [1.807, 2.05) is 12.1 Å². The van der Waals surface area contributed by atoms with E-state index in [0.29, 0.717) is 22.3 Å². The molecule has 0 saturated carbocycles. The van der Waals surface area contributed by atoms with Gasteiger partial charge in [0.15, 0.2) is 0 Å². The van der Waals surface area contributed by atoms with E-state index in [0.717, 1.165) is 30.0 Å². The van der Waals surface area contributed by atoms with Gasteiger partial charge >= 0.3 is 21.6 Å². The number of benzene rings is 2. The summed E-state index contributed by atoms with van der Waals surface area (Å²) in [6.07, 6.45) is 5.49. The zero-order valence-electron chi connectivity index (χ0n) is 21.9. The lowest BCUT2D eigenvalue weighted by atomic mass is 9.61. The summed E-state index contributed by atoms with van der Waals surface area (Å²) in [5, 5.41) is 10.3. The molecule has 204 valence electrons. The van der Waals surface area contributed by atoms with Gasteiger partial charge in [0.2, 0.25) is 5.60 Å². The maximum absolute atomic E-state index is 13.4. The Morgan fingerprint density at radius 1 is 1.00 bits per heavy atom. The fourth-order valence-corrected chi connectivity index (χ4v) is 6.13. The summed E-state index contributed by atoms with van der Waals surface area (Å²) < 4.78 is 69.4. The summed E-state index contributed by atoms with van der Waals surface area (Å²) in [5.74, 6) is -3.21. The zero-order chi connectivity index (χ0) is 28.3. The third-order valence-electron chi connectivity index (χ3n) is 7.87. The molecule has 0 heterocycles. The minimum Gasteiger partial charge on any atom is -0.479 e. The molecule has 2 atom stereocenters. The molecule has 0 spiro atoms. The first-order valence-corrected chi connectivity index (χ1v) is 13.7. The Balaban J connectivity index is 2.01. The predicted molar refractivity (Wildman–Crippen MR) is 139 cm³/mol.